The molecule has 4 heteroatoms. The summed E-state index contributed by atoms with van der Waals surface area (Å²) in [4.78, 5) is 2.69. The lowest BCUT2D eigenvalue weighted by Gasteiger charge is -2.51. The van der Waals surface area contributed by atoms with Crippen molar-refractivity contribution in [2.75, 3.05) is 13.1 Å². The summed E-state index contributed by atoms with van der Waals surface area (Å²) in [5.41, 5.74) is 2.98. The fourth-order valence-electron chi connectivity index (χ4n) is 4.87. The number of piperidine rings is 1. The maximum absolute atomic E-state index is 9.90. The first-order chi connectivity index (χ1) is 12.1. The average Bonchev–Trinajstić information content (AvgIpc) is 2.63. The summed E-state index contributed by atoms with van der Waals surface area (Å²) in [6.07, 6.45) is 7.38. The SMILES string of the molecule is Cl.Oc1cccc([C@]23CCC[C@H](C2)N(CCc2ccc(Cl)cc2)CC3)c1. The first-order valence-electron chi connectivity index (χ1n) is 9.43. The third kappa shape index (κ3) is 4.03. The van der Waals surface area contributed by atoms with E-state index in [2.05, 4.69) is 23.1 Å². The predicted molar refractivity (Wildman–Crippen MR) is 111 cm³/mol. The van der Waals surface area contributed by atoms with Crippen LogP contribution in [-0.2, 0) is 11.8 Å². The molecule has 2 atom stereocenters. The Morgan fingerprint density at radius 2 is 1.92 bits per heavy atom. The number of phenolic OH excluding ortho intramolecular Hbond substituents is 1. The zero-order valence-electron chi connectivity index (χ0n) is 15.0. The maximum atomic E-state index is 9.90. The molecular formula is C22H27Cl2NO. The summed E-state index contributed by atoms with van der Waals surface area (Å²) in [6.45, 7) is 2.29. The lowest BCUT2D eigenvalue weighted by atomic mass is 9.63. The smallest absolute Gasteiger partial charge is 0.115 e. The number of fused-ring (bicyclic) bond motifs is 2. The van der Waals surface area contributed by atoms with E-state index in [1.165, 1.54) is 43.2 Å². The molecule has 2 aromatic rings. The second-order valence-electron chi connectivity index (χ2n) is 7.74. The highest BCUT2D eigenvalue weighted by molar-refractivity contribution is 6.30. The molecular weight excluding hydrogens is 365 g/mol. The first kappa shape index (κ1) is 19.5. The lowest BCUT2D eigenvalue weighted by Crippen LogP contribution is -2.52. The predicted octanol–water partition coefficient (Wildman–Crippen LogP) is 5.60. The van der Waals surface area contributed by atoms with E-state index in [9.17, 15) is 5.11 Å². The van der Waals surface area contributed by atoms with Gasteiger partial charge in [-0.25, -0.2) is 0 Å². The number of rotatable bonds is 4. The van der Waals surface area contributed by atoms with Crippen molar-refractivity contribution in [2.45, 2.75) is 50.0 Å². The van der Waals surface area contributed by atoms with Crippen molar-refractivity contribution < 1.29 is 5.11 Å². The molecule has 1 N–H and O–H groups in total. The first-order valence-corrected chi connectivity index (χ1v) is 9.80. The molecule has 2 nitrogen and oxygen atoms in total. The van der Waals surface area contributed by atoms with Crippen LogP contribution in [0.25, 0.3) is 0 Å². The third-order valence-electron chi connectivity index (χ3n) is 6.27. The van der Waals surface area contributed by atoms with Gasteiger partial charge in [0, 0.05) is 17.6 Å². The Hall–Kier alpha value is -1.22. The molecule has 26 heavy (non-hydrogen) atoms. The van der Waals surface area contributed by atoms with Gasteiger partial charge in [-0.3, -0.25) is 4.90 Å². The van der Waals surface area contributed by atoms with Gasteiger partial charge in [0.25, 0.3) is 0 Å². The Morgan fingerprint density at radius 1 is 1.12 bits per heavy atom. The Bertz CT molecular complexity index is 733. The lowest BCUT2D eigenvalue weighted by molar-refractivity contribution is 0.0524. The van der Waals surface area contributed by atoms with E-state index in [1.807, 2.05) is 24.3 Å². The van der Waals surface area contributed by atoms with Crippen LogP contribution >= 0.6 is 24.0 Å². The molecule has 1 aliphatic heterocycles. The Balaban J connectivity index is 0.00000196. The van der Waals surface area contributed by atoms with Gasteiger partial charge < -0.3 is 5.11 Å². The van der Waals surface area contributed by atoms with E-state index >= 15 is 0 Å². The van der Waals surface area contributed by atoms with Crippen molar-refractivity contribution >= 4 is 24.0 Å². The number of hydrogen-bond acceptors (Lipinski definition) is 2. The van der Waals surface area contributed by atoms with Crippen LogP contribution < -0.4 is 0 Å². The van der Waals surface area contributed by atoms with E-state index in [0.717, 1.165) is 24.5 Å². The average molecular weight is 392 g/mol. The van der Waals surface area contributed by atoms with Crippen LogP contribution in [0.1, 0.15) is 43.2 Å². The number of hydrogen-bond donors (Lipinski definition) is 1. The molecule has 2 aromatic carbocycles. The van der Waals surface area contributed by atoms with E-state index in [1.54, 1.807) is 6.07 Å². The van der Waals surface area contributed by atoms with E-state index < -0.39 is 0 Å². The van der Waals surface area contributed by atoms with Gasteiger partial charge in [-0.05, 0) is 79.5 Å². The van der Waals surface area contributed by atoms with Gasteiger partial charge in [0.05, 0.1) is 0 Å². The second-order valence-corrected chi connectivity index (χ2v) is 8.18. The fraction of sp³-hybridized carbons (Fsp3) is 0.455. The number of benzene rings is 2. The van der Waals surface area contributed by atoms with E-state index in [-0.39, 0.29) is 17.8 Å². The summed E-state index contributed by atoms with van der Waals surface area (Å²) in [5, 5.41) is 10.7. The zero-order chi connectivity index (χ0) is 17.3. The largest absolute Gasteiger partial charge is 0.508 e. The van der Waals surface area contributed by atoms with Gasteiger partial charge in [0.1, 0.15) is 5.75 Å². The molecule has 2 bridgehead atoms. The van der Waals surface area contributed by atoms with Gasteiger partial charge in [-0.15, -0.1) is 12.4 Å². The van der Waals surface area contributed by atoms with Crippen molar-refractivity contribution in [3.05, 3.63) is 64.7 Å². The van der Waals surface area contributed by atoms with Gasteiger partial charge >= 0.3 is 0 Å². The molecule has 1 saturated carbocycles. The van der Waals surface area contributed by atoms with Crippen LogP contribution in [0.15, 0.2) is 48.5 Å². The molecule has 0 unspecified atom stereocenters. The van der Waals surface area contributed by atoms with Crippen LogP contribution in [-0.4, -0.2) is 29.1 Å². The van der Waals surface area contributed by atoms with E-state index in [4.69, 9.17) is 11.6 Å². The molecule has 0 aromatic heterocycles. The van der Waals surface area contributed by atoms with Crippen LogP contribution in [0.4, 0.5) is 0 Å². The van der Waals surface area contributed by atoms with Crippen molar-refractivity contribution in [1.29, 1.82) is 0 Å². The van der Waals surface area contributed by atoms with Crippen LogP contribution in [0, 0.1) is 0 Å². The van der Waals surface area contributed by atoms with Gasteiger partial charge in [-0.2, -0.15) is 0 Å². The quantitative estimate of drug-likeness (QED) is 0.733. The molecule has 1 aliphatic carbocycles. The molecule has 4 rings (SSSR count). The minimum Gasteiger partial charge on any atom is -0.508 e. The van der Waals surface area contributed by atoms with E-state index in [0.29, 0.717) is 11.8 Å². The van der Waals surface area contributed by atoms with Gasteiger partial charge in [0.15, 0.2) is 0 Å². The van der Waals surface area contributed by atoms with Gasteiger partial charge in [-0.1, -0.05) is 42.3 Å². The molecule has 140 valence electrons. The summed E-state index contributed by atoms with van der Waals surface area (Å²) >= 11 is 5.99. The Morgan fingerprint density at radius 3 is 2.69 bits per heavy atom. The number of nitrogens with zero attached hydrogens (tertiary/aromatic N) is 1. The summed E-state index contributed by atoms with van der Waals surface area (Å²) in [6, 6.07) is 16.9. The van der Waals surface area contributed by atoms with Crippen LogP contribution in [0.3, 0.4) is 0 Å². The summed E-state index contributed by atoms with van der Waals surface area (Å²) in [5.74, 6) is 0.402. The molecule has 0 spiro atoms. The standard InChI is InChI=1S/C22H26ClNO.ClH/c23-19-8-6-17(7-9-19)10-13-24-14-12-22(11-2-4-20(24)16-22)18-3-1-5-21(25)15-18;/h1,3,5-9,15,20,25H,2,4,10-14,16H2;1H/t20-,22+;/m1./s1. The minimum atomic E-state index is 0. The highest BCUT2D eigenvalue weighted by Gasteiger charge is 2.43. The fourth-order valence-corrected chi connectivity index (χ4v) is 5.00. The zero-order valence-corrected chi connectivity index (χ0v) is 16.6. The highest BCUT2D eigenvalue weighted by Crippen LogP contribution is 2.47. The molecule has 0 amide bonds. The molecule has 2 aliphatic rings. The third-order valence-corrected chi connectivity index (χ3v) is 6.52. The number of phenols is 1. The minimum absolute atomic E-state index is 0. The summed E-state index contributed by atoms with van der Waals surface area (Å²) in [7, 11) is 0. The number of aromatic hydroxyl groups is 1. The number of likely N-dealkylation sites (tertiary alicyclic amines) is 1. The van der Waals surface area contributed by atoms with Crippen LogP contribution in [0.5, 0.6) is 5.75 Å². The van der Waals surface area contributed by atoms with Gasteiger partial charge in [0.2, 0.25) is 0 Å². The van der Waals surface area contributed by atoms with Crippen molar-refractivity contribution in [3.8, 4) is 5.75 Å². The normalized spacial score (nSPS) is 25.5. The Kier molecular flexibility index (Phi) is 6.17. The second kappa shape index (κ2) is 8.21. The number of halogens is 2. The molecule has 0 radical (unpaired) electrons. The Labute approximate surface area is 167 Å². The molecule has 1 saturated heterocycles. The van der Waals surface area contributed by atoms with Crippen molar-refractivity contribution in [1.82, 2.24) is 4.90 Å². The highest BCUT2D eigenvalue weighted by atomic mass is 35.5. The molecule has 2 fully saturated rings. The van der Waals surface area contributed by atoms with Crippen molar-refractivity contribution in [3.63, 3.8) is 0 Å². The topological polar surface area (TPSA) is 23.5 Å². The molecule has 1 heterocycles. The summed E-state index contributed by atoms with van der Waals surface area (Å²) < 4.78 is 0. The van der Waals surface area contributed by atoms with Crippen molar-refractivity contribution in [2.24, 2.45) is 0 Å². The maximum Gasteiger partial charge on any atom is 0.115 e. The monoisotopic (exact) mass is 391 g/mol. The van der Waals surface area contributed by atoms with Crippen LogP contribution in [0.2, 0.25) is 5.02 Å².